The van der Waals surface area contributed by atoms with Crippen LogP contribution in [0.15, 0.2) is 34.9 Å². The number of nitrogens with zero attached hydrogens (tertiary/aromatic N) is 1. The molecule has 0 aliphatic heterocycles. The maximum absolute atomic E-state index is 5.85. The average Bonchev–Trinajstić information content (AvgIpc) is 2.76. The second-order valence-corrected chi connectivity index (χ2v) is 5.76. The van der Waals surface area contributed by atoms with E-state index in [-0.39, 0.29) is 0 Å². The predicted molar refractivity (Wildman–Crippen MR) is 68.1 cm³/mol. The Balaban J connectivity index is 1.88. The molecule has 3 heteroatoms. The molecule has 2 nitrogen and oxygen atoms in total. The van der Waals surface area contributed by atoms with E-state index in [1.165, 1.54) is 6.42 Å². The summed E-state index contributed by atoms with van der Waals surface area (Å²) in [4.78, 5) is 4.33. The molecular formula is C14H14ClNO. The highest BCUT2D eigenvalue weighted by atomic mass is 35.5. The number of oxazole rings is 1. The molecule has 1 unspecified atom stereocenters. The van der Waals surface area contributed by atoms with E-state index < -0.39 is 0 Å². The standard InChI is InChI=1S/C14H14ClNO/c1-14(2)7-11(14)12-8-16-13(17-12)9-3-5-10(15)6-4-9/h3-6,8,11H,7H2,1-2H3. The Bertz CT molecular complexity index is 542. The summed E-state index contributed by atoms with van der Waals surface area (Å²) in [6.45, 7) is 4.50. The van der Waals surface area contributed by atoms with E-state index >= 15 is 0 Å². The van der Waals surface area contributed by atoms with Crippen LogP contribution in [0.3, 0.4) is 0 Å². The topological polar surface area (TPSA) is 26.0 Å². The molecule has 1 saturated carbocycles. The molecule has 17 heavy (non-hydrogen) atoms. The Morgan fingerprint density at radius 3 is 2.53 bits per heavy atom. The van der Waals surface area contributed by atoms with E-state index in [1.54, 1.807) is 0 Å². The first kappa shape index (κ1) is 10.8. The quantitative estimate of drug-likeness (QED) is 0.781. The van der Waals surface area contributed by atoms with Gasteiger partial charge in [0, 0.05) is 16.5 Å². The van der Waals surface area contributed by atoms with Crippen LogP contribution in [0.1, 0.15) is 31.9 Å². The molecule has 0 saturated heterocycles. The van der Waals surface area contributed by atoms with Crippen molar-refractivity contribution in [3.05, 3.63) is 41.2 Å². The van der Waals surface area contributed by atoms with Crippen molar-refractivity contribution in [3.8, 4) is 11.5 Å². The summed E-state index contributed by atoms with van der Waals surface area (Å²) >= 11 is 5.85. The Morgan fingerprint density at radius 2 is 1.94 bits per heavy atom. The Labute approximate surface area is 106 Å². The lowest BCUT2D eigenvalue weighted by molar-refractivity contribution is 0.489. The molecule has 1 fully saturated rings. The third kappa shape index (κ3) is 1.98. The summed E-state index contributed by atoms with van der Waals surface area (Å²) < 4.78 is 5.81. The lowest BCUT2D eigenvalue weighted by Crippen LogP contribution is -1.87. The lowest BCUT2D eigenvalue weighted by atomic mass is 10.1. The highest BCUT2D eigenvalue weighted by molar-refractivity contribution is 6.30. The van der Waals surface area contributed by atoms with Gasteiger partial charge in [-0.2, -0.15) is 0 Å². The first-order chi connectivity index (χ1) is 8.06. The van der Waals surface area contributed by atoms with Crippen molar-refractivity contribution in [1.82, 2.24) is 4.98 Å². The van der Waals surface area contributed by atoms with Crippen LogP contribution in [-0.2, 0) is 0 Å². The molecule has 0 bridgehead atoms. The number of hydrogen-bond donors (Lipinski definition) is 0. The van der Waals surface area contributed by atoms with E-state index in [2.05, 4.69) is 18.8 Å². The van der Waals surface area contributed by atoms with Crippen molar-refractivity contribution in [2.75, 3.05) is 0 Å². The lowest BCUT2D eigenvalue weighted by Gasteiger charge is -1.98. The fourth-order valence-electron chi connectivity index (χ4n) is 2.13. The van der Waals surface area contributed by atoms with Crippen molar-refractivity contribution in [2.45, 2.75) is 26.2 Å². The molecule has 1 aromatic heterocycles. The Morgan fingerprint density at radius 1 is 1.29 bits per heavy atom. The van der Waals surface area contributed by atoms with Gasteiger partial charge < -0.3 is 4.42 Å². The van der Waals surface area contributed by atoms with Gasteiger partial charge in [-0.15, -0.1) is 0 Å². The zero-order chi connectivity index (χ0) is 12.0. The second-order valence-electron chi connectivity index (χ2n) is 5.32. The van der Waals surface area contributed by atoms with Crippen molar-refractivity contribution >= 4 is 11.6 Å². The third-order valence-electron chi connectivity index (χ3n) is 3.47. The number of halogens is 1. The minimum Gasteiger partial charge on any atom is -0.441 e. The van der Waals surface area contributed by atoms with Crippen LogP contribution in [0, 0.1) is 5.41 Å². The van der Waals surface area contributed by atoms with Crippen LogP contribution >= 0.6 is 11.6 Å². The van der Waals surface area contributed by atoms with Crippen LogP contribution in [0.2, 0.25) is 5.02 Å². The molecule has 88 valence electrons. The molecule has 1 aliphatic rings. The SMILES string of the molecule is CC1(C)CC1c1cnc(-c2ccc(Cl)cc2)o1. The van der Waals surface area contributed by atoms with Crippen molar-refractivity contribution in [3.63, 3.8) is 0 Å². The van der Waals surface area contributed by atoms with Gasteiger partial charge in [0.25, 0.3) is 0 Å². The van der Waals surface area contributed by atoms with Gasteiger partial charge in [-0.25, -0.2) is 4.98 Å². The molecule has 0 N–H and O–H groups in total. The van der Waals surface area contributed by atoms with E-state index in [0.29, 0.717) is 17.2 Å². The summed E-state index contributed by atoms with van der Waals surface area (Å²) in [7, 11) is 0. The minimum atomic E-state index is 0.372. The molecule has 1 aliphatic carbocycles. The smallest absolute Gasteiger partial charge is 0.226 e. The maximum Gasteiger partial charge on any atom is 0.226 e. The van der Waals surface area contributed by atoms with Gasteiger partial charge in [-0.1, -0.05) is 25.4 Å². The van der Waals surface area contributed by atoms with E-state index in [9.17, 15) is 0 Å². The molecule has 3 rings (SSSR count). The monoisotopic (exact) mass is 247 g/mol. The summed E-state index contributed by atoms with van der Waals surface area (Å²) in [6, 6.07) is 7.55. The molecule has 1 atom stereocenters. The zero-order valence-electron chi connectivity index (χ0n) is 9.90. The number of benzene rings is 1. The summed E-state index contributed by atoms with van der Waals surface area (Å²) in [5.74, 6) is 2.20. The van der Waals surface area contributed by atoms with Crippen LogP contribution < -0.4 is 0 Å². The first-order valence-corrected chi connectivity index (χ1v) is 6.16. The largest absolute Gasteiger partial charge is 0.441 e. The van der Waals surface area contributed by atoms with E-state index in [0.717, 1.165) is 16.3 Å². The fraction of sp³-hybridized carbons (Fsp3) is 0.357. The molecule has 0 amide bonds. The molecular weight excluding hydrogens is 234 g/mol. The highest BCUT2D eigenvalue weighted by Gasteiger charge is 2.48. The van der Waals surface area contributed by atoms with Gasteiger partial charge in [0.15, 0.2) is 0 Å². The van der Waals surface area contributed by atoms with Gasteiger partial charge in [0.05, 0.1) is 6.20 Å². The zero-order valence-corrected chi connectivity index (χ0v) is 10.7. The van der Waals surface area contributed by atoms with Crippen LogP contribution in [0.5, 0.6) is 0 Å². The van der Waals surface area contributed by atoms with Crippen LogP contribution in [-0.4, -0.2) is 4.98 Å². The third-order valence-corrected chi connectivity index (χ3v) is 3.72. The summed E-state index contributed by atoms with van der Waals surface area (Å²) in [5.41, 5.74) is 1.34. The Kier molecular flexibility index (Phi) is 2.30. The highest BCUT2D eigenvalue weighted by Crippen LogP contribution is 2.58. The second kappa shape index (κ2) is 3.61. The van der Waals surface area contributed by atoms with Gasteiger partial charge in [0.2, 0.25) is 5.89 Å². The van der Waals surface area contributed by atoms with E-state index in [4.69, 9.17) is 16.0 Å². The summed E-state index contributed by atoms with van der Waals surface area (Å²) in [6.07, 6.45) is 3.03. The number of aromatic nitrogens is 1. The van der Waals surface area contributed by atoms with Gasteiger partial charge >= 0.3 is 0 Å². The number of rotatable bonds is 2. The normalized spacial score (nSPS) is 21.5. The minimum absolute atomic E-state index is 0.372. The van der Waals surface area contributed by atoms with Gasteiger partial charge in [0.1, 0.15) is 5.76 Å². The van der Waals surface area contributed by atoms with Gasteiger partial charge in [-0.3, -0.25) is 0 Å². The van der Waals surface area contributed by atoms with Crippen LogP contribution in [0.25, 0.3) is 11.5 Å². The molecule has 2 aromatic rings. The van der Waals surface area contributed by atoms with Crippen molar-refractivity contribution in [2.24, 2.45) is 5.41 Å². The molecule has 0 spiro atoms. The van der Waals surface area contributed by atoms with Gasteiger partial charge in [-0.05, 0) is 36.1 Å². The van der Waals surface area contributed by atoms with Crippen LogP contribution in [0.4, 0.5) is 0 Å². The Hall–Kier alpha value is -1.28. The molecule has 0 radical (unpaired) electrons. The van der Waals surface area contributed by atoms with Crippen molar-refractivity contribution < 1.29 is 4.42 Å². The summed E-state index contributed by atoms with van der Waals surface area (Å²) in [5, 5.41) is 0.726. The van der Waals surface area contributed by atoms with E-state index in [1.807, 2.05) is 30.5 Å². The fourth-order valence-corrected chi connectivity index (χ4v) is 2.25. The average molecular weight is 248 g/mol. The molecule has 1 aromatic carbocycles. The molecule has 1 heterocycles. The predicted octanol–water partition coefficient (Wildman–Crippen LogP) is 4.51. The maximum atomic E-state index is 5.85. The number of hydrogen-bond acceptors (Lipinski definition) is 2. The first-order valence-electron chi connectivity index (χ1n) is 5.78. The van der Waals surface area contributed by atoms with Crippen molar-refractivity contribution in [1.29, 1.82) is 0 Å².